The Balaban J connectivity index is 1.31. The smallest absolute Gasteiger partial charge is 0.254 e. The van der Waals surface area contributed by atoms with Crippen molar-refractivity contribution >= 4 is 22.6 Å². The van der Waals surface area contributed by atoms with Gasteiger partial charge in [-0.3, -0.25) is 4.79 Å². The van der Waals surface area contributed by atoms with Gasteiger partial charge >= 0.3 is 0 Å². The van der Waals surface area contributed by atoms with Gasteiger partial charge in [0.1, 0.15) is 17.4 Å². The van der Waals surface area contributed by atoms with Gasteiger partial charge in [-0.25, -0.2) is 14.4 Å². The summed E-state index contributed by atoms with van der Waals surface area (Å²) in [5.41, 5.74) is 2.30. The molecule has 3 heterocycles. The van der Waals surface area contributed by atoms with Crippen LogP contribution in [0.1, 0.15) is 15.9 Å². The molecule has 0 bridgehead atoms. The molecule has 1 aliphatic rings. The molecule has 0 unspecified atom stereocenters. The van der Waals surface area contributed by atoms with Crippen LogP contribution in [0, 0.1) is 5.82 Å². The quantitative estimate of drug-likeness (QED) is 0.454. The fourth-order valence-electron chi connectivity index (χ4n) is 3.77. The monoisotopic (exact) mass is 458 g/mol. The van der Waals surface area contributed by atoms with Gasteiger partial charge in [0.15, 0.2) is 0 Å². The molecule has 5 rings (SSSR count). The van der Waals surface area contributed by atoms with Crippen LogP contribution in [-0.2, 0) is 11.3 Å². The Hall–Kier alpha value is -4.04. The van der Waals surface area contributed by atoms with E-state index < -0.39 is 0 Å². The van der Waals surface area contributed by atoms with Crippen LogP contribution < -0.4 is 10.1 Å². The predicted octanol–water partition coefficient (Wildman–Crippen LogP) is 4.65. The molecule has 1 fully saturated rings. The van der Waals surface area contributed by atoms with Crippen molar-refractivity contribution in [1.82, 2.24) is 14.9 Å². The lowest BCUT2D eigenvalue weighted by Crippen LogP contribution is -2.40. The number of benzene rings is 2. The van der Waals surface area contributed by atoms with Crippen LogP contribution in [0.3, 0.4) is 0 Å². The first-order valence-electron chi connectivity index (χ1n) is 11.0. The summed E-state index contributed by atoms with van der Waals surface area (Å²) >= 11 is 0. The summed E-state index contributed by atoms with van der Waals surface area (Å²) in [6.45, 7) is 2.73. The summed E-state index contributed by atoms with van der Waals surface area (Å²) in [6.07, 6.45) is 1.70. The number of ether oxygens (including phenoxy) is 2. The van der Waals surface area contributed by atoms with Crippen LogP contribution in [0.25, 0.3) is 10.9 Å². The lowest BCUT2D eigenvalue weighted by atomic mass is 10.1. The lowest BCUT2D eigenvalue weighted by Gasteiger charge is -2.27. The third kappa shape index (κ3) is 4.97. The topological polar surface area (TPSA) is 76.6 Å². The van der Waals surface area contributed by atoms with Crippen molar-refractivity contribution in [2.45, 2.75) is 6.54 Å². The first-order valence-corrected chi connectivity index (χ1v) is 11.0. The van der Waals surface area contributed by atoms with Crippen LogP contribution in [0.2, 0.25) is 0 Å². The molecule has 0 radical (unpaired) electrons. The molecule has 1 saturated heterocycles. The molecule has 0 spiro atoms. The number of carbonyl (C=O) groups is 1. The highest BCUT2D eigenvalue weighted by Crippen LogP contribution is 2.24. The minimum Gasteiger partial charge on any atom is -0.439 e. The molecule has 1 amide bonds. The number of amides is 1. The molecular formula is C26H23FN4O3. The van der Waals surface area contributed by atoms with E-state index in [9.17, 15) is 9.18 Å². The van der Waals surface area contributed by atoms with E-state index in [0.717, 1.165) is 16.5 Å². The van der Waals surface area contributed by atoms with Crippen molar-refractivity contribution in [3.05, 3.63) is 89.9 Å². The Labute approximate surface area is 196 Å². The highest BCUT2D eigenvalue weighted by atomic mass is 19.1. The molecule has 172 valence electrons. The minimum atomic E-state index is -0.321. The molecule has 2 aromatic carbocycles. The van der Waals surface area contributed by atoms with Gasteiger partial charge < -0.3 is 19.7 Å². The molecule has 0 atom stereocenters. The number of fused-ring (bicyclic) bond motifs is 1. The lowest BCUT2D eigenvalue weighted by molar-refractivity contribution is 0.0304. The number of rotatable bonds is 6. The zero-order valence-electron chi connectivity index (χ0n) is 18.4. The Morgan fingerprint density at radius 1 is 1.06 bits per heavy atom. The summed E-state index contributed by atoms with van der Waals surface area (Å²) in [5.74, 6) is 1.20. The van der Waals surface area contributed by atoms with Crippen molar-refractivity contribution in [1.29, 1.82) is 0 Å². The summed E-state index contributed by atoms with van der Waals surface area (Å²) in [6, 6.07) is 18.9. The minimum absolute atomic E-state index is 0.0195. The Kier molecular flexibility index (Phi) is 6.31. The predicted molar refractivity (Wildman–Crippen MR) is 127 cm³/mol. The van der Waals surface area contributed by atoms with E-state index in [4.69, 9.17) is 9.47 Å². The Bertz CT molecular complexity index is 1290. The van der Waals surface area contributed by atoms with Crippen molar-refractivity contribution in [2.24, 2.45) is 0 Å². The van der Waals surface area contributed by atoms with E-state index in [1.807, 2.05) is 35.2 Å². The number of anilines is 1. The number of nitrogens with one attached hydrogen (secondary N) is 1. The second kappa shape index (κ2) is 9.84. The van der Waals surface area contributed by atoms with Gasteiger partial charge in [0, 0.05) is 37.3 Å². The summed E-state index contributed by atoms with van der Waals surface area (Å²) < 4.78 is 24.1. The van der Waals surface area contributed by atoms with Crippen molar-refractivity contribution < 1.29 is 18.7 Å². The standard InChI is InChI=1S/C26H23FN4O3/c27-19-6-8-20(9-7-19)34-25-10-5-18(17-29-25)16-28-24-15-22(21-3-1-2-4-23(21)30-24)26(32)31-11-13-33-14-12-31/h1-10,15,17H,11-14,16H2,(H,28,30). The van der Waals surface area contributed by atoms with Gasteiger partial charge in [0.05, 0.1) is 24.3 Å². The fourth-order valence-corrected chi connectivity index (χ4v) is 3.77. The van der Waals surface area contributed by atoms with E-state index in [2.05, 4.69) is 15.3 Å². The number of aromatic nitrogens is 2. The van der Waals surface area contributed by atoms with E-state index in [1.54, 1.807) is 30.5 Å². The summed E-state index contributed by atoms with van der Waals surface area (Å²) in [5, 5.41) is 4.12. The SMILES string of the molecule is O=C(c1cc(NCc2ccc(Oc3ccc(F)cc3)nc2)nc2ccccc12)N1CCOCC1. The number of hydrogen-bond acceptors (Lipinski definition) is 6. The van der Waals surface area contributed by atoms with Gasteiger partial charge in [-0.15, -0.1) is 0 Å². The first kappa shape index (κ1) is 21.8. The molecule has 34 heavy (non-hydrogen) atoms. The Morgan fingerprint density at radius 3 is 2.62 bits per heavy atom. The number of carbonyl (C=O) groups excluding carboxylic acids is 1. The summed E-state index contributed by atoms with van der Waals surface area (Å²) in [4.78, 5) is 24.0. The molecule has 8 heteroatoms. The van der Waals surface area contributed by atoms with Crippen LogP contribution in [0.4, 0.5) is 10.2 Å². The zero-order chi connectivity index (χ0) is 23.3. The van der Waals surface area contributed by atoms with Crippen molar-refractivity contribution in [3.63, 3.8) is 0 Å². The molecule has 0 saturated carbocycles. The number of para-hydroxylation sites is 1. The number of nitrogens with zero attached hydrogens (tertiary/aromatic N) is 3. The summed E-state index contributed by atoms with van der Waals surface area (Å²) in [7, 11) is 0. The average molecular weight is 458 g/mol. The maximum Gasteiger partial charge on any atom is 0.254 e. The highest BCUT2D eigenvalue weighted by molar-refractivity contribution is 6.07. The van der Waals surface area contributed by atoms with E-state index in [1.165, 1.54) is 12.1 Å². The van der Waals surface area contributed by atoms with Crippen LogP contribution in [-0.4, -0.2) is 47.1 Å². The molecule has 2 aromatic heterocycles. The molecule has 1 aliphatic heterocycles. The number of morpholine rings is 1. The van der Waals surface area contributed by atoms with Crippen LogP contribution in [0.15, 0.2) is 72.9 Å². The number of halogens is 1. The number of pyridine rings is 2. The van der Waals surface area contributed by atoms with Crippen molar-refractivity contribution in [3.8, 4) is 11.6 Å². The second-order valence-electron chi connectivity index (χ2n) is 7.89. The molecule has 0 aliphatic carbocycles. The van der Waals surface area contributed by atoms with Gasteiger partial charge in [0.2, 0.25) is 5.88 Å². The van der Waals surface area contributed by atoms with Crippen LogP contribution in [0.5, 0.6) is 11.6 Å². The maximum absolute atomic E-state index is 13.2. The highest BCUT2D eigenvalue weighted by Gasteiger charge is 2.21. The van der Waals surface area contributed by atoms with E-state index in [0.29, 0.717) is 55.9 Å². The molecular weight excluding hydrogens is 435 g/mol. The van der Waals surface area contributed by atoms with Gasteiger partial charge in [-0.05, 0) is 42.0 Å². The van der Waals surface area contributed by atoms with Gasteiger partial charge in [0.25, 0.3) is 5.91 Å². The largest absolute Gasteiger partial charge is 0.439 e. The fraction of sp³-hybridized carbons (Fsp3) is 0.192. The van der Waals surface area contributed by atoms with E-state index >= 15 is 0 Å². The van der Waals surface area contributed by atoms with Gasteiger partial charge in [-0.2, -0.15) is 0 Å². The van der Waals surface area contributed by atoms with Crippen molar-refractivity contribution in [2.75, 3.05) is 31.6 Å². The van der Waals surface area contributed by atoms with Gasteiger partial charge in [-0.1, -0.05) is 24.3 Å². The second-order valence-corrected chi connectivity index (χ2v) is 7.89. The average Bonchev–Trinajstić information content (AvgIpc) is 2.89. The maximum atomic E-state index is 13.2. The third-order valence-electron chi connectivity index (χ3n) is 5.55. The number of hydrogen-bond donors (Lipinski definition) is 1. The molecule has 1 N–H and O–H groups in total. The Morgan fingerprint density at radius 2 is 1.85 bits per heavy atom. The third-order valence-corrected chi connectivity index (χ3v) is 5.55. The van der Waals surface area contributed by atoms with Crippen LogP contribution >= 0.6 is 0 Å². The zero-order valence-corrected chi connectivity index (χ0v) is 18.4. The molecule has 7 nitrogen and oxygen atoms in total. The molecule has 4 aromatic rings. The normalized spacial score (nSPS) is 13.6. The van der Waals surface area contributed by atoms with E-state index in [-0.39, 0.29) is 11.7 Å². The first-order chi connectivity index (χ1) is 16.7.